The molecule has 0 bridgehead atoms. The molecule has 7 nitrogen and oxygen atoms in total. The van der Waals surface area contributed by atoms with E-state index in [1.807, 2.05) is 13.8 Å². The first-order valence-electron chi connectivity index (χ1n) is 8.68. The number of rotatable bonds is 4. The standard InChI is InChI=1S/C20H21N3O4/c1-12(2)21-20(27)22-14-7-5-6-13(10-14)18(24)23-11-16(19(25)26)15-8-3-4-9-17(15)23/h3-10,12,16H,11H2,1-2H3,(H,25,26)(H2,21,22,27). The maximum Gasteiger partial charge on any atom is 0.319 e. The number of carbonyl (C=O) groups is 3. The van der Waals surface area contributed by atoms with Crippen molar-refractivity contribution < 1.29 is 19.5 Å². The van der Waals surface area contributed by atoms with Crippen molar-refractivity contribution in [2.75, 3.05) is 16.8 Å². The van der Waals surface area contributed by atoms with Gasteiger partial charge in [-0.05, 0) is 43.7 Å². The van der Waals surface area contributed by atoms with Gasteiger partial charge >= 0.3 is 12.0 Å². The number of anilines is 2. The summed E-state index contributed by atoms with van der Waals surface area (Å²) in [6.45, 7) is 3.78. The minimum Gasteiger partial charge on any atom is -0.481 e. The number of nitrogens with zero attached hydrogens (tertiary/aromatic N) is 1. The van der Waals surface area contributed by atoms with Crippen LogP contribution < -0.4 is 15.5 Å². The quantitative estimate of drug-likeness (QED) is 0.773. The molecule has 1 aliphatic rings. The van der Waals surface area contributed by atoms with E-state index in [4.69, 9.17) is 0 Å². The third kappa shape index (κ3) is 3.92. The number of aliphatic carboxylic acids is 1. The van der Waals surface area contributed by atoms with Crippen LogP contribution in [0.5, 0.6) is 0 Å². The lowest BCUT2D eigenvalue weighted by atomic mass is 10.0. The highest BCUT2D eigenvalue weighted by molar-refractivity contribution is 6.09. The summed E-state index contributed by atoms with van der Waals surface area (Å²) >= 11 is 0. The Morgan fingerprint density at radius 1 is 1.11 bits per heavy atom. The Morgan fingerprint density at radius 3 is 2.56 bits per heavy atom. The molecule has 27 heavy (non-hydrogen) atoms. The minimum absolute atomic E-state index is 0.0103. The second-order valence-electron chi connectivity index (χ2n) is 6.70. The SMILES string of the molecule is CC(C)NC(=O)Nc1cccc(C(=O)N2CC(C(=O)O)c3ccccc32)c1. The van der Waals surface area contributed by atoms with Crippen LogP contribution in [0.2, 0.25) is 0 Å². The fourth-order valence-corrected chi connectivity index (χ4v) is 3.13. The van der Waals surface area contributed by atoms with E-state index in [9.17, 15) is 19.5 Å². The summed E-state index contributed by atoms with van der Waals surface area (Å²) in [6.07, 6.45) is 0. The molecule has 0 fully saturated rings. The van der Waals surface area contributed by atoms with E-state index in [2.05, 4.69) is 10.6 Å². The number of carboxylic acid groups (broad SMARTS) is 1. The smallest absolute Gasteiger partial charge is 0.319 e. The van der Waals surface area contributed by atoms with Gasteiger partial charge in [-0.25, -0.2) is 4.79 Å². The number of benzene rings is 2. The number of nitrogens with one attached hydrogen (secondary N) is 2. The molecule has 2 aromatic carbocycles. The van der Waals surface area contributed by atoms with E-state index >= 15 is 0 Å². The third-order valence-electron chi connectivity index (χ3n) is 4.30. The fraction of sp³-hybridized carbons (Fsp3) is 0.250. The maximum absolute atomic E-state index is 13.0. The number of urea groups is 1. The molecule has 0 aromatic heterocycles. The fourth-order valence-electron chi connectivity index (χ4n) is 3.13. The topological polar surface area (TPSA) is 98.7 Å². The van der Waals surface area contributed by atoms with Gasteiger partial charge < -0.3 is 20.6 Å². The Labute approximate surface area is 157 Å². The van der Waals surface area contributed by atoms with Crippen LogP contribution in [0.3, 0.4) is 0 Å². The van der Waals surface area contributed by atoms with Crippen molar-refractivity contribution in [3.63, 3.8) is 0 Å². The molecule has 3 rings (SSSR count). The molecule has 0 saturated carbocycles. The van der Waals surface area contributed by atoms with Crippen molar-refractivity contribution >= 4 is 29.3 Å². The Bertz CT molecular complexity index is 894. The van der Waals surface area contributed by atoms with Gasteiger partial charge in [-0.1, -0.05) is 24.3 Å². The van der Waals surface area contributed by atoms with Gasteiger partial charge in [0.25, 0.3) is 5.91 Å². The first kappa shape index (κ1) is 18.4. The lowest BCUT2D eigenvalue weighted by Gasteiger charge is -2.18. The zero-order valence-corrected chi connectivity index (χ0v) is 15.1. The number of hydrogen-bond acceptors (Lipinski definition) is 3. The molecule has 1 unspecified atom stereocenters. The molecule has 0 saturated heterocycles. The molecule has 2 aromatic rings. The van der Waals surface area contributed by atoms with Crippen LogP contribution in [0.4, 0.5) is 16.2 Å². The first-order valence-corrected chi connectivity index (χ1v) is 8.68. The summed E-state index contributed by atoms with van der Waals surface area (Å²) in [5, 5.41) is 14.9. The number of carboxylic acids is 1. The number of para-hydroxylation sites is 1. The van der Waals surface area contributed by atoms with E-state index in [-0.39, 0.29) is 24.5 Å². The molecule has 3 N–H and O–H groups in total. The van der Waals surface area contributed by atoms with Crippen LogP contribution in [0.1, 0.15) is 35.7 Å². The summed E-state index contributed by atoms with van der Waals surface area (Å²) < 4.78 is 0. The van der Waals surface area contributed by atoms with E-state index in [0.29, 0.717) is 22.5 Å². The van der Waals surface area contributed by atoms with E-state index in [1.54, 1.807) is 48.5 Å². The van der Waals surface area contributed by atoms with Gasteiger partial charge in [0, 0.05) is 29.5 Å². The predicted molar refractivity (Wildman–Crippen MR) is 102 cm³/mol. The van der Waals surface area contributed by atoms with Crippen LogP contribution in [-0.4, -0.2) is 35.6 Å². The van der Waals surface area contributed by atoms with Gasteiger partial charge in [-0.2, -0.15) is 0 Å². The van der Waals surface area contributed by atoms with Gasteiger partial charge in [0.2, 0.25) is 0 Å². The van der Waals surface area contributed by atoms with Crippen LogP contribution in [-0.2, 0) is 4.79 Å². The minimum atomic E-state index is -0.960. The van der Waals surface area contributed by atoms with Gasteiger partial charge in [0.15, 0.2) is 0 Å². The van der Waals surface area contributed by atoms with Crippen molar-refractivity contribution in [2.45, 2.75) is 25.8 Å². The highest BCUT2D eigenvalue weighted by atomic mass is 16.4. The summed E-state index contributed by atoms with van der Waals surface area (Å²) in [7, 11) is 0. The summed E-state index contributed by atoms with van der Waals surface area (Å²) in [6, 6.07) is 13.2. The van der Waals surface area contributed by atoms with Gasteiger partial charge in [-0.3, -0.25) is 9.59 Å². The van der Waals surface area contributed by atoms with Crippen molar-refractivity contribution in [3.8, 4) is 0 Å². The summed E-state index contributed by atoms with van der Waals surface area (Å²) in [5.74, 6) is -2.01. The third-order valence-corrected chi connectivity index (χ3v) is 4.30. The normalized spacial score (nSPS) is 15.4. The van der Waals surface area contributed by atoms with Crippen molar-refractivity contribution in [1.82, 2.24) is 5.32 Å². The highest BCUT2D eigenvalue weighted by Gasteiger charge is 2.36. The largest absolute Gasteiger partial charge is 0.481 e. The summed E-state index contributed by atoms with van der Waals surface area (Å²) in [4.78, 5) is 37.9. The Kier molecular flexibility index (Phi) is 5.12. The maximum atomic E-state index is 13.0. The molecule has 0 radical (unpaired) electrons. The zero-order valence-electron chi connectivity index (χ0n) is 15.1. The second-order valence-corrected chi connectivity index (χ2v) is 6.70. The summed E-state index contributed by atoms with van der Waals surface area (Å²) in [5.41, 5.74) is 2.09. The molecule has 1 aliphatic heterocycles. The van der Waals surface area contributed by atoms with Crippen molar-refractivity contribution in [1.29, 1.82) is 0 Å². The van der Waals surface area contributed by atoms with Crippen molar-refractivity contribution in [3.05, 3.63) is 59.7 Å². The van der Waals surface area contributed by atoms with Crippen molar-refractivity contribution in [2.24, 2.45) is 0 Å². The molecule has 0 aliphatic carbocycles. The Hall–Kier alpha value is -3.35. The van der Waals surface area contributed by atoms with E-state index < -0.39 is 11.9 Å². The van der Waals surface area contributed by atoms with Gasteiger partial charge in [-0.15, -0.1) is 0 Å². The molecule has 140 valence electrons. The number of hydrogen-bond donors (Lipinski definition) is 3. The molecule has 0 spiro atoms. The van der Waals surface area contributed by atoms with Crippen LogP contribution >= 0.6 is 0 Å². The van der Waals surface area contributed by atoms with Gasteiger partial charge in [0.05, 0.1) is 0 Å². The van der Waals surface area contributed by atoms with Crippen LogP contribution in [0.15, 0.2) is 48.5 Å². The lowest BCUT2D eigenvalue weighted by Crippen LogP contribution is -2.34. The Morgan fingerprint density at radius 2 is 1.85 bits per heavy atom. The average molecular weight is 367 g/mol. The highest BCUT2D eigenvalue weighted by Crippen LogP contribution is 2.37. The average Bonchev–Trinajstić information content (AvgIpc) is 3.00. The van der Waals surface area contributed by atoms with Crippen LogP contribution in [0.25, 0.3) is 0 Å². The molecule has 1 atom stereocenters. The lowest BCUT2D eigenvalue weighted by molar-refractivity contribution is -0.138. The molecule has 1 heterocycles. The Balaban J connectivity index is 1.84. The number of carbonyl (C=O) groups excluding carboxylic acids is 2. The molecular formula is C20H21N3O4. The number of fused-ring (bicyclic) bond motifs is 1. The van der Waals surface area contributed by atoms with E-state index in [1.165, 1.54) is 4.90 Å². The molecule has 7 heteroatoms. The van der Waals surface area contributed by atoms with Gasteiger partial charge in [0.1, 0.15) is 5.92 Å². The second kappa shape index (κ2) is 7.49. The van der Waals surface area contributed by atoms with Crippen LogP contribution in [0, 0.1) is 0 Å². The molecule has 3 amide bonds. The zero-order chi connectivity index (χ0) is 19.6. The van der Waals surface area contributed by atoms with E-state index in [0.717, 1.165) is 0 Å². The number of amides is 3. The first-order chi connectivity index (χ1) is 12.9. The molecular weight excluding hydrogens is 346 g/mol. The monoisotopic (exact) mass is 367 g/mol. The predicted octanol–water partition coefficient (Wildman–Crippen LogP) is 3.05.